The van der Waals surface area contributed by atoms with Gasteiger partial charge in [0.1, 0.15) is 6.04 Å². The van der Waals surface area contributed by atoms with Gasteiger partial charge in [-0.05, 0) is 18.8 Å². The summed E-state index contributed by atoms with van der Waals surface area (Å²) >= 11 is 0. The molecule has 1 aliphatic heterocycles. The van der Waals surface area contributed by atoms with Gasteiger partial charge >= 0.3 is 6.18 Å². The van der Waals surface area contributed by atoms with E-state index in [0.29, 0.717) is 6.42 Å². The molecule has 1 fully saturated rings. The minimum atomic E-state index is -4.15. The van der Waals surface area contributed by atoms with Crippen LogP contribution in [0.15, 0.2) is 0 Å². The minimum absolute atomic E-state index is 0.000992. The molecule has 1 saturated heterocycles. The standard InChI is InChI=1S/C13H21F3N2O2/c1-9(2)11-12(20)18(8-5-10(19)17-11)7-4-3-6-13(14,15)16/h9,11H,3-8H2,1-2H3,(H,17,19). The summed E-state index contributed by atoms with van der Waals surface area (Å²) in [4.78, 5) is 25.2. The highest BCUT2D eigenvalue weighted by Gasteiger charge is 2.32. The van der Waals surface area contributed by atoms with Crippen molar-refractivity contribution in [2.24, 2.45) is 5.92 Å². The lowest BCUT2D eigenvalue weighted by Crippen LogP contribution is -2.47. The summed E-state index contributed by atoms with van der Waals surface area (Å²) < 4.78 is 36.1. The van der Waals surface area contributed by atoms with Gasteiger partial charge in [-0.15, -0.1) is 0 Å². The van der Waals surface area contributed by atoms with Crippen LogP contribution in [-0.4, -0.2) is 42.0 Å². The summed E-state index contributed by atoms with van der Waals surface area (Å²) in [5, 5.41) is 2.66. The maximum atomic E-state index is 12.2. The summed E-state index contributed by atoms with van der Waals surface area (Å²) in [6.45, 7) is 4.21. The molecule has 1 rings (SSSR count). The molecule has 1 atom stereocenters. The Balaban J connectivity index is 2.51. The van der Waals surface area contributed by atoms with Crippen molar-refractivity contribution >= 4 is 11.8 Å². The molecular weight excluding hydrogens is 273 g/mol. The van der Waals surface area contributed by atoms with Crippen molar-refractivity contribution < 1.29 is 22.8 Å². The number of hydrogen-bond donors (Lipinski definition) is 1. The Morgan fingerprint density at radius 1 is 1.30 bits per heavy atom. The molecule has 0 spiro atoms. The molecular formula is C13H21F3N2O2. The first-order chi connectivity index (χ1) is 9.20. The Kier molecular flexibility index (Phi) is 5.83. The van der Waals surface area contributed by atoms with Crippen LogP contribution < -0.4 is 5.32 Å². The maximum absolute atomic E-state index is 12.2. The lowest BCUT2D eigenvalue weighted by atomic mass is 10.0. The number of nitrogens with one attached hydrogen (secondary N) is 1. The molecule has 0 aromatic heterocycles. The average Bonchev–Trinajstić information content (AvgIpc) is 2.45. The van der Waals surface area contributed by atoms with Crippen molar-refractivity contribution in [3.63, 3.8) is 0 Å². The third-order valence-electron chi connectivity index (χ3n) is 3.31. The van der Waals surface area contributed by atoms with E-state index >= 15 is 0 Å². The zero-order chi connectivity index (χ0) is 15.3. The van der Waals surface area contributed by atoms with Gasteiger partial charge in [0.2, 0.25) is 11.8 Å². The maximum Gasteiger partial charge on any atom is 0.389 e. The Labute approximate surface area is 116 Å². The normalized spacial score (nSPS) is 21.1. The van der Waals surface area contributed by atoms with Crippen LogP contribution in [0.2, 0.25) is 0 Å². The molecule has 4 nitrogen and oxygen atoms in total. The molecule has 0 bridgehead atoms. The monoisotopic (exact) mass is 294 g/mol. The SMILES string of the molecule is CC(C)C1NC(=O)CCN(CCCCC(F)(F)F)C1=O. The third kappa shape index (κ3) is 5.38. The number of carbonyl (C=O) groups is 2. The number of rotatable bonds is 5. The molecule has 1 N–H and O–H groups in total. The largest absolute Gasteiger partial charge is 0.389 e. The topological polar surface area (TPSA) is 49.4 Å². The Hall–Kier alpha value is -1.27. The highest BCUT2D eigenvalue weighted by molar-refractivity contribution is 5.90. The number of halogens is 3. The molecule has 0 radical (unpaired) electrons. The van der Waals surface area contributed by atoms with Gasteiger partial charge in [0.05, 0.1) is 0 Å². The lowest BCUT2D eigenvalue weighted by Gasteiger charge is -2.26. The second-order valence-corrected chi connectivity index (χ2v) is 5.44. The van der Waals surface area contributed by atoms with Crippen molar-refractivity contribution in [2.45, 2.75) is 51.7 Å². The van der Waals surface area contributed by atoms with Gasteiger partial charge in [0, 0.05) is 25.9 Å². The minimum Gasteiger partial charge on any atom is -0.344 e. The van der Waals surface area contributed by atoms with Crippen LogP contribution >= 0.6 is 0 Å². The number of carbonyl (C=O) groups excluding carboxylic acids is 2. The fourth-order valence-electron chi connectivity index (χ4n) is 2.15. The van der Waals surface area contributed by atoms with Gasteiger partial charge in [-0.1, -0.05) is 13.8 Å². The van der Waals surface area contributed by atoms with Crippen LogP contribution in [0.25, 0.3) is 0 Å². The van der Waals surface area contributed by atoms with Crippen LogP contribution in [0, 0.1) is 5.92 Å². The van der Waals surface area contributed by atoms with Gasteiger partial charge < -0.3 is 10.2 Å². The summed E-state index contributed by atoms with van der Waals surface area (Å²) in [6.07, 6.45) is -4.49. The Morgan fingerprint density at radius 3 is 2.50 bits per heavy atom. The molecule has 20 heavy (non-hydrogen) atoms. The fraction of sp³-hybridized carbons (Fsp3) is 0.846. The number of amides is 2. The Bertz CT molecular complexity index is 356. The predicted octanol–water partition coefficient (Wildman–Crippen LogP) is 2.09. The van der Waals surface area contributed by atoms with Gasteiger partial charge in [0.15, 0.2) is 0 Å². The first kappa shape index (κ1) is 16.8. The van der Waals surface area contributed by atoms with Crippen LogP contribution in [0.1, 0.15) is 39.5 Å². The summed E-state index contributed by atoms with van der Waals surface area (Å²) in [5.41, 5.74) is 0. The van der Waals surface area contributed by atoms with Gasteiger partial charge in [-0.2, -0.15) is 13.2 Å². The number of hydrogen-bond acceptors (Lipinski definition) is 2. The molecule has 2 amide bonds. The first-order valence-corrected chi connectivity index (χ1v) is 6.85. The number of alkyl halides is 3. The molecule has 1 unspecified atom stereocenters. The summed E-state index contributed by atoms with van der Waals surface area (Å²) in [5.74, 6) is -0.421. The summed E-state index contributed by atoms with van der Waals surface area (Å²) in [7, 11) is 0. The highest BCUT2D eigenvalue weighted by atomic mass is 19.4. The highest BCUT2D eigenvalue weighted by Crippen LogP contribution is 2.22. The van der Waals surface area contributed by atoms with Crippen LogP contribution in [-0.2, 0) is 9.59 Å². The average molecular weight is 294 g/mol. The summed E-state index contributed by atoms with van der Waals surface area (Å²) in [6, 6.07) is -0.576. The van der Waals surface area contributed by atoms with Crippen LogP contribution in [0.5, 0.6) is 0 Å². The molecule has 1 heterocycles. The third-order valence-corrected chi connectivity index (χ3v) is 3.31. The second kappa shape index (κ2) is 6.95. The molecule has 7 heteroatoms. The van der Waals surface area contributed by atoms with Crippen molar-refractivity contribution in [1.82, 2.24) is 10.2 Å². The zero-order valence-corrected chi connectivity index (χ0v) is 11.8. The van der Waals surface area contributed by atoms with E-state index in [1.165, 1.54) is 4.90 Å². The predicted molar refractivity (Wildman–Crippen MR) is 67.9 cm³/mol. The fourth-order valence-corrected chi connectivity index (χ4v) is 2.15. The van der Waals surface area contributed by atoms with Gasteiger partial charge in [0.25, 0.3) is 0 Å². The molecule has 0 saturated carbocycles. The molecule has 0 aromatic rings. The zero-order valence-electron chi connectivity index (χ0n) is 11.8. The van der Waals surface area contributed by atoms with E-state index in [1.807, 2.05) is 13.8 Å². The van der Waals surface area contributed by atoms with Crippen molar-refractivity contribution in [1.29, 1.82) is 0 Å². The van der Waals surface area contributed by atoms with E-state index < -0.39 is 18.6 Å². The van der Waals surface area contributed by atoms with E-state index in [-0.39, 0.29) is 43.7 Å². The van der Waals surface area contributed by atoms with Gasteiger partial charge in [-0.25, -0.2) is 0 Å². The second-order valence-electron chi connectivity index (χ2n) is 5.44. The van der Waals surface area contributed by atoms with E-state index in [2.05, 4.69) is 5.32 Å². The molecule has 0 aliphatic carbocycles. The molecule has 116 valence electrons. The van der Waals surface area contributed by atoms with E-state index in [4.69, 9.17) is 0 Å². The van der Waals surface area contributed by atoms with Crippen molar-refractivity contribution in [3.8, 4) is 0 Å². The Morgan fingerprint density at radius 2 is 1.95 bits per heavy atom. The quantitative estimate of drug-likeness (QED) is 0.789. The van der Waals surface area contributed by atoms with E-state index in [1.54, 1.807) is 0 Å². The molecule has 1 aliphatic rings. The van der Waals surface area contributed by atoms with Gasteiger partial charge in [-0.3, -0.25) is 9.59 Å². The van der Waals surface area contributed by atoms with E-state index in [0.717, 1.165) is 0 Å². The number of unbranched alkanes of at least 4 members (excludes halogenated alkanes) is 1. The first-order valence-electron chi connectivity index (χ1n) is 6.85. The van der Waals surface area contributed by atoms with Crippen molar-refractivity contribution in [2.75, 3.05) is 13.1 Å². The van der Waals surface area contributed by atoms with E-state index in [9.17, 15) is 22.8 Å². The lowest BCUT2D eigenvalue weighted by molar-refractivity contribution is -0.137. The number of nitrogens with zero attached hydrogens (tertiary/aromatic N) is 1. The van der Waals surface area contributed by atoms with Crippen LogP contribution in [0.4, 0.5) is 13.2 Å². The van der Waals surface area contributed by atoms with Crippen molar-refractivity contribution in [3.05, 3.63) is 0 Å². The van der Waals surface area contributed by atoms with Crippen LogP contribution in [0.3, 0.4) is 0 Å². The molecule has 0 aromatic carbocycles. The smallest absolute Gasteiger partial charge is 0.344 e.